The molecule has 8 rings (SSSR count). The summed E-state index contributed by atoms with van der Waals surface area (Å²) < 4.78 is 0. The standard InChI is InChI=1S/C20H24N2/c1-2-5-16-15(4-1)20-14-10-13-11-18(7-8-19(13,20)21-16)6-3-9-22(12-14)17(18)20/h1-2,4-5,13-14,17,21H,3,6-12H2/t13-,14+,17+,18-,19-,20+/m1/s1. The summed E-state index contributed by atoms with van der Waals surface area (Å²) in [6.07, 6.45) is 8.91. The first-order valence-corrected chi connectivity index (χ1v) is 9.42. The van der Waals surface area contributed by atoms with Gasteiger partial charge in [0.05, 0.1) is 5.54 Å². The number of para-hydroxylation sites is 1. The first-order valence-electron chi connectivity index (χ1n) is 9.42. The Morgan fingerprint density at radius 2 is 2.05 bits per heavy atom. The van der Waals surface area contributed by atoms with E-state index >= 15 is 0 Å². The average Bonchev–Trinajstić information content (AvgIpc) is 3.08. The van der Waals surface area contributed by atoms with Crippen molar-refractivity contribution in [3.05, 3.63) is 29.8 Å². The number of nitrogens with zero attached hydrogens (tertiary/aromatic N) is 1. The van der Waals surface area contributed by atoms with Gasteiger partial charge in [-0.3, -0.25) is 4.90 Å². The van der Waals surface area contributed by atoms with Crippen molar-refractivity contribution in [2.75, 3.05) is 18.4 Å². The highest BCUT2D eigenvalue weighted by Gasteiger charge is 2.83. The van der Waals surface area contributed by atoms with Crippen molar-refractivity contribution >= 4 is 5.69 Å². The summed E-state index contributed by atoms with van der Waals surface area (Å²) in [7, 11) is 0. The van der Waals surface area contributed by atoms with Crippen molar-refractivity contribution < 1.29 is 0 Å². The van der Waals surface area contributed by atoms with E-state index < -0.39 is 0 Å². The molecule has 1 aromatic carbocycles. The molecule has 0 aromatic heterocycles. The van der Waals surface area contributed by atoms with Gasteiger partial charge in [-0.05, 0) is 74.0 Å². The van der Waals surface area contributed by atoms with Crippen molar-refractivity contribution in [2.45, 2.75) is 55.5 Å². The van der Waals surface area contributed by atoms with E-state index in [4.69, 9.17) is 0 Å². The number of benzene rings is 1. The molecule has 2 heteroatoms. The summed E-state index contributed by atoms with van der Waals surface area (Å²) in [6.45, 7) is 2.76. The Labute approximate surface area is 132 Å². The van der Waals surface area contributed by atoms with Crippen LogP contribution in [0.4, 0.5) is 5.69 Å². The topological polar surface area (TPSA) is 15.3 Å². The van der Waals surface area contributed by atoms with E-state index in [0.29, 0.717) is 16.4 Å². The van der Waals surface area contributed by atoms with E-state index in [2.05, 4.69) is 34.5 Å². The zero-order valence-electron chi connectivity index (χ0n) is 13.1. The first kappa shape index (κ1) is 11.5. The van der Waals surface area contributed by atoms with Crippen LogP contribution in [0.5, 0.6) is 0 Å². The first-order chi connectivity index (χ1) is 10.8. The zero-order valence-corrected chi connectivity index (χ0v) is 13.1. The Hall–Kier alpha value is -1.02. The summed E-state index contributed by atoms with van der Waals surface area (Å²) in [4.78, 5) is 2.95. The van der Waals surface area contributed by atoms with Gasteiger partial charge in [-0.1, -0.05) is 18.2 Å². The molecule has 3 heterocycles. The largest absolute Gasteiger partial charge is 0.378 e. The Balaban J connectivity index is 1.61. The van der Waals surface area contributed by atoms with Gasteiger partial charge in [-0.2, -0.15) is 0 Å². The molecule has 1 aromatic rings. The lowest BCUT2D eigenvalue weighted by molar-refractivity contribution is -0.112. The van der Waals surface area contributed by atoms with Crippen LogP contribution in [0.3, 0.4) is 0 Å². The molecule has 1 N–H and O–H groups in total. The van der Waals surface area contributed by atoms with Crippen molar-refractivity contribution in [3.8, 4) is 0 Å². The second kappa shape index (κ2) is 3.13. The van der Waals surface area contributed by atoms with Crippen LogP contribution in [0.2, 0.25) is 0 Å². The van der Waals surface area contributed by atoms with Gasteiger partial charge in [0.2, 0.25) is 0 Å². The normalized spacial score (nSPS) is 55.9. The molecule has 0 unspecified atom stereocenters. The number of hydrogen-bond acceptors (Lipinski definition) is 2. The van der Waals surface area contributed by atoms with Gasteiger partial charge in [0.15, 0.2) is 0 Å². The fourth-order valence-electron chi connectivity index (χ4n) is 8.91. The van der Waals surface area contributed by atoms with Crippen LogP contribution in [-0.4, -0.2) is 29.6 Å². The Morgan fingerprint density at radius 3 is 3.05 bits per heavy atom. The summed E-state index contributed by atoms with van der Waals surface area (Å²) in [6, 6.07) is 10.2. The fraction of sp³-hybridized carbons (Fsp3) is 0.700. The predicted octanol–water partition coefficient (Wildman–Crippen LogP) is 3.39. The lowest BCUT2D eigenvalue weighted by Gasteiger charge is -2.67. The minimum atomic E-state index is 0.417. The molecule has 3 aliphatic heterocycles. The molecule has 114 valence electrons. The number of rotatable bonds is 0. The molecular weight excluding hydrogens is 268 g/mol. The van der Waals surface area contributed by atoms with Gasteiger partial charge in [0, 0.05) is 23.7 Å². The van der Waals surface area contributed by atoms with Crippen molar-refractivity contribution in [1.29, 1.82) is 0 Å². The molecule has 3 spiro atoms. The lowest BCUT2D eigenvalue weighted by atomic mass is 9.41. The summed E-state index contributed by atoms with van der Waals surface area (Å²) in [5, 5.41) is 4.15. The fourth-order valence-corrected chi connectivity index (χ4v) is 8.91. The Bertz CT molecular complexity index is 713. The van der Waals surface area contributed by atoms with E-state index in [1.807, 2.05) is 0 Å². The molecule has 0 amide bonds. The molecule has 4 bridgehead atoms. The highest BCUT2D eigenvalue weighted by atomic mass is 15.3. The van der Waals surface area contributed by atoms with Crippen molar-refractivity contribution in [2.24, 2.45) is 17.3 Å². The van der Waals surface area contributed by atoms with Crippen LogP contribution in [0, 0.1) is 17.3 Å². The number of anilines is 1. The highest BCUT2D eigenvalue weighted by Crippen LogP contribution is 2.80. The maximum absolute atomic E-state index is 4.15. The Kier molecular flexibility index (Phi) is 1.64. The van der Waals surface area contributed by atoms with Crippen LogP contribution in [0.1, 0.15) is 44.1 Å². The molecule has 0 radical (unpaired) electrons. The van der Waals surface area contributed by atoms with Gasteiger partial charge in [0.1, 0.15) is 0 Å². The maximum Gasteiger partial charge on any atom is 0.0518 e. The molecule has 4 saturated carbocycles. The van der Waals surface area contributed by atoms with Gasteiger partial charge in [0.25, 0.3) is 0 Å². The molecule has 22 heavy (non-hydrogen) atoms. The number of nitrogens with one attached hydrogen (secondary N) is 1. The minimum absolute atomic E-state index is 0.417. The van der Waals surface area contributed by atoms with Crippen LogP contribution in [0.15, 0.2) is 24.3 Å². The van der Waals surface area contributed by atoms with Gasteiger partial charge < -0.3 is 5.32 Å². The molecule has 4 aliphatic carbocycles. The van der Waals surface area contributed by atoms with Gasteiger partial charge in [-0.15, -0.1) is 0 Å². The predicted molar refractivity (Wildman–Crippen MR) is 86.9 cm³/mol. The third-order valence-corrected chi connectivity index (χ3v) is 9.00. The van der Waals surface area contributed by atoms with E-state index in [0.717, 1.165) is 17.9 Å². The molecule has 2 nitrogen and oxygen atoms in total. The van der Waals surface area contributed by atoms with E-state index in [-0.39, 0.29) is 0 Å². The SMILES string of the molecule is c1ccc2c(c1)N[C@]13CC[C@]45CCCN6C[C@H](C[C@@H]1C4)[C@@]23[C@@H]65. The second-order valence-electron chi connectivity index (χ2n) is 9.21. The van der Waals surface area contributed by atoms with E-state index in [1.165, 1.54) is 57.3 Å². The van der Waals surface area contributed by atoms with Crippen molar-refractivity contribution in [1.82, 2.24) is 4.90 Å². The zero-order chi connectivity index (χ0) is 14.2. The third kappa shape index (κ3) is 0.850. The smallest absolute Gasteiger partial charge is 0.0518 e. The summed E-state index contributed by atoms with van der Waals surface area (Å²) in [5.41, 5.74) is 4.74. The van der Waals surface area contributed by atoms with E-state index in [9.17, 15) is 0 Å². The molecule has 6 fully saturated rings. The van der Waals surface area contributed by atoms with Crippen LogP contribution in [0.25, 0.3) is 0 Å². The van der Waals surface area contributed by atoms with Crippen LogP contribution >= 0.6 is 0 Å². The van der Waals surface area contributed by atoms with Gasteiger partial charge >= 0.3 is 0 Å². The number of fused-ring (bicyclic) bond motifs is 2. The quantitative estimate of drug-likeness (QED) is 0.788. The summed E-state index contributed by atoms with van der Waals surface area (Å²) >= 11 is 0. The van der Waals surface area contributed by atoms with Gasteiger partial charge in [-0.25, -0.2) is 0 Å². The van der Waals surface area contributed by atoms with Crippen LogP contribution < -0.4 is 5.32 Å². The molecule has 6 atom stereocenters. The lowest BCUT2D eigenvalue weighted by Crippen LogP contribution is -2.73. The molecule has 7 aliphatic rings. The molecule has 2 saturated heterocycles. The number of piperidine rings is 1. The number of hydrogen-bond donors (Lipinski definition) is 1. The summed E-state index contributed by atoms with van der Waals surface area (Å²) in [5.74, 6) is 1.86. The maximum atomic E-state index is 4.15. The Morgan fingerprint density at radius 1 is 1.09 bits per heavy atom. The average molecular weight is 292 g/mol. The third-order valence-electron chi connectivity index (χ3n) is 9.00. The minimum Gasteiger partial charge on any atom is -0.378 e. The van der Waals surface area contributed by atoms with Crippen molar-refractivity contribution in [3.63, 3.8) is 0 Å². The molecular formula is C20H24N2. The van der Waals surface area contributed by atoms with E-state index in [1.54, 1.807) is 5.56 Å². The van der Waals surface area contributed by atoms with Crippen LogP contribution in [-0.2, 0) is 5.41 Å². The second-order valence-corrected chi connectivity index (χ2v) is 9.21. The highest BCUT2D eigenvalue weighted by molar-refractivity contribution is 5.70. The monoisotopic (exact) mass is 292 g/mol.